The predicted octanol–water partition coefficient (Wildman–Crippen LogP) is 4.10. The Morgan fingerprint density at radius 3 is 1.88 bits per heavy atom. The van der Waals surface area contributed by atoms with Gasteiger partial charge < -0.3 is 16.0 Å². The molecule has 2 aromatic carbocycles. The van der Waals surface area contributed by atoms with Crippen LogP contribution in [-0.4, -0.2) is 18.0 Å². The Labute approximate surface area is 142 Å². The lowest BCUT2D eigenvalue weighted by atomic mass is 10.1. The first-order valence-corrected chi connectivity index (χ1v) is 7.99. The quantitative estimate of drug-likeness (QED) is 0.774. The molecule has 3 N–H and O–H groups in total. The van der Waals surface area contributed by atoms with E-state index >= 15 is 0 Å². The number of anilines is 2. The molecule has 1 atom stereocenters. The van der Waals surface area contributed by atoms with E-state index in [1.54, 1.807) is 24.3 Å². The molecule has 0 aliphatic heterocycles. The van der Waals surface area contributed by atoms with Gasteiger partial charge in [-0.15, -0.1) is 0 Å². The Morgan fingerprint density at radius 1 is 0.792 bits per heavy atom. The average Bonchev–Trinajstić information content (AvgIpc) is 2.56. The van der Waals surface area contributed by atoms with Gasteiger partial charge >= 0.3 is 6.03 Å². The monoisotopic (exact) mass is 325 g/mol. The van der Waals surface area contributed by atoms with Crippen LogP contribution >= 0.6 is 0 Å². The van der Waals surface area contributed by atoms with Gasteiger partial charge in [0.15, 0.2) is 0 Å². The lowest BCUT2D eigenvalue weighted by molar-refractivity contribution is 0.0930. The van der Waals surface area contributed by atoms with Crippen molar-refractivity contribution in [2.45, 2.75) is 26.8 Å². The first-order valence-electron chi connectivity index (χ1n) is 7.99. The Bertz CT molecular complexity index is 682. The molecule has 0 aromatic heterocycles. The zero-order valence-corrected chi connectivity index (χ0v) is 14.2. The minimum atomic E-state index is -0.327. The van der Waals surface area contributed by atoms with Gasteiger partial charge in [-0.3, -0.25) is 4.79 Å². The van der Waals surface area contributed by atoms with Gasteiger partial charge in [0.1, 0.15) is 0 Å². The molecule has 0 aliphatic carbocycles. The summed E-state index contributed by atoms with van der Waals surface area (Å²) in [6, 6.07) is 15.8. The summed E-state index contributed by atoms with van der Waals surface area (Å²) < 4.78 is 0. The van der Waals surface area contributed by atoms with Gasteiger partial charge in [-0.2, -0.15) is 0 Å². The number of hydrogen-bond donors (Lipinski definition) is 3. The van der Waals surface area contributed by atoms with Gasteiger partial charge in [-0.05, 0) is 49.2 Å². The van der Waals surface area contributed by atoms with Crippen molar-refractivity contribution >= 4 is 23.3 Å². The smallest absolute Gasteiger partial charge is 0.323 e. The fourth-order valence-electron chi connectivity index (χ4n) is 1.98. The number of carbonyl (C=O) groups is 2. The lowest BCUT2D eigenvalue weighted by Crippen LogP contribution is -2.36. The second kappa shape index (κ2) is 8.15. The van der Waals surface area contributed by atoms with Crippen LogP contribution in [0.3, 0.4) is 0 Å². The van der Waals surface area contributed by atoms with Crippen LogP contribution in [0.15, 0.2) is 54.6 Å². The highest BCUT2D eigenvalue weighted by atomic mass is 16.2. The summed E-state index contributed by atoms with van der Waals surface area (Å²) in [6.45, 7) is 6.10. The van der Waals surface area contributed by atoms with Crippen LogP contribution in [-0.2, 0) is 0 Å². The average molecular weight is 325 g/mol. The van der Waals surface area contributed by atoms with Crippen molar-refractivity contribution in [3.8, 4) is 0 Å². The fraction of sp³-hybridized carbons (Fsp3) is 0.263. The zero-order chi connectivity index (χ0) is 17.5. The molecule has 0 heterocycles. The third-order valence-corrected chi connectivity index (χ3v) is 3.80. The van der Waals surface area contributed by atoms with Crippen molar-refractivity contribution in [2.75, 3.05) is 10.6 Å². The normalized spacial score (nSPS) is 11.7. The maximum atomic E-state index is 12.1. The zero-order valence-electron chi connectivity index (χ0n) is 14.2. The summed E-state index contributed by atoms with van der Waals surface area (Å²) in [5.74, 6) is 0.257. The molecule has 0 bridgehead atoms. The van der Waals surface area contributed by atoms with E-state index in [1.807, 2.05) is 37.3 Å². The van der Waals surface area contributed by atoms with Gasteiger partial charge in [0.05, 0.1) is 0 Å². The Hall–Kier alpha value is -2.82. The highest BCUT2D eigenvalue weighted by Gasteiger charge is 2.12. The molecule has 0 saturated carbocycles. The molecule has 0 fully saturated rings. The molecule has 126 valence electrons. The van der Waals surface area contributed by atoms with Crippen molar-refractivity contribution in [3.05, 3.63) is 60.2 Å². The van der Waals surface area contributed by atoms with E-state index in [4.69, 9.17) is 0 Å². The molecule has 5 heteroatoms. The van der Waals surface area contributed by atoms with E-state index in [1.165, 1.54) is 0 Å². The van der Waals surface area contributed by atoms with Gasteiger partial charge in [0, 0.05) is 23.0 Å². The molecule has 24 heavy (non-hydrogen) atoms. The maximum absolute atomic E-state index is 12.1. The van der Waals surface area contributed by atoms with E-state index in [9.17, 15) is 9.59 Å². The van der Waals surface area contributed by atoms with Crippen LogP contribution in [0.5, 0.6) is 0 Å². The summed E-state index contributed by atoms with van der Waals surface area (Å²) in [5.41, 5.74) is 1.90. The highest BCUT2D eigenvalue weighted by Crippen LogP contribution is 2.12. The van der Waals surface area contributed by atoms with Crippen LogP contribution in [0.2, 0.25) is 0 Å². The number of amides is 3. The third kappa shape index (κ3) is 5.12. The number of benzene rings is 2. The number of para-hydroxylation sites is 1. The van der Waals surface area contributed by atoms with Crippen molar-refractivity contribution in [1.82, 2.24) is 5.32 Å². The van der Waals surface area contributed by atoms with Gasteiger partial charge in [0.2, 0.25) is 0 Å². The molecule has 0 saturated heterocycles. The van der Waals surface area contributed by atoms with Crippen LogP contribution in [0.25, 0.3) is 0 Å². The summed E-state index contributed by atoms with van der Waals surface area (Å²) >= 11 is 0. The third-order valence-electron chi connectivity index (χ3n) is 3.80. The van der Waals surface area contributed by atoms with Crippen molar-refractivity contribution in [1.29, 1.82) is 0 Å². The molecule has 3 amide bonds. The standard InChI is InChI=1S/C19H23N3O2/c1-13(2)14(3)20-18(23)15-9-11-17(12-10-15)22-19(24)21-16-7-5-4-6-8-16/h4-14H,1-3H3,(H,20,23)(H2,21,22,24). The second-order valence-corrected chi connectivity index (χ2v) is 6.03. The molecular weight excluding hydrogens is 302 g/mol. The van der Waals surface area contributed by atoms with Crippen LogP contribution < -0.4 is 16.0 Å². The van der Waals surface area contributed by atoms with Gasteiger partial charge in [-0.1, -0.05) is 32.0 Å². The van der Waals surface area contributed by atoms with Crippen LogP contribution in [0, 0.1) is 5.92 Å². The molecule has 5 nitrogen and oxygen atoms in total. The summed E-state index contributed by atoms with van der Waals surface area (Å²) in [4.78, 5) is 24.0. The van der Waals surface area contributed by atoms with Crippen molar-refractivity contribution in [3.63, 3.8) is 0 Å². The first-order chi connectivity index (χ1) is 11.5. The summed E-state index contributed by atoms with van der Waals surface area (Å²) in [5, 5.41) is 8.42. The SMILES string of the molecule is CC(C)C(C)NC(=O)c1ccc(NC(=O)Nc2ccccc2)cc1. The Kier molecular flexibility index (Phi) is 5.95. The maximum Gasteiger partial charge on any atom is 0.323 e. The van der Waals surface area contributed by atoms with E-state index < -0.39 is 0 Å². The van der Waals surface area contributed by atoms with Crippen molar-refractivity contribution in [2.24, 2.45) is 5.92 Å². The van der Waals surface area contributed by atoms with Gasteiger partial charge in [-0.25, -0.2) is 4.79 Å². The number of urea groups is 1. The number of nitrogens with one attached hydrogen (secondary N) is 3. The molecule has 2 aromatic rings. The molecule has 0 radical (unpaired) electrons. The fourth-order valence-corrected chi connectivity index (χ4v) is 1.98. The van der Waals surface area contributed by atoms with Crippen LogP contribution in [0.4, 0.5) is 16.2 Å². The van der Waals surface area contributed by atoms with E-state index in [-0.39, 0.29) is 18.0 Å². The number of carbonyl (C=O) groups excluding carboxylic acids is 2. The largest absolute Gasteiger partial charge is 0.349 e. The minimum absolute atomic E-state index is 0.104. The Morgan fingerprint density at radius 2 is 1.33 bits per heavy atom. The predicted molar refractivity (Wildman–Crippen MR) is 97.3 cm³/mol. The molecule has 1 unspecified atom stereocenters. The molecule has 2 rings (SSSR count). The van der Waals surface area contributed by atoms with E-state index in [0.717, 1.165) is 0 Å². The molecular formula is C19H23N3O2. The van der Waals surface area contributed by atoms with E-state index in [0.29, 0.717) is 22.9 Å². The summed E-state index contributed by atoms with van der Waals surface area (Å²) in [6.07, 6.45) is 0. The van der Waals surface area contributed by atoms with Crippen molar-refractivity contribution < 1.29 is 9.59 Å². The van der Waals surface area contributed by atoms with E-state index in [2.05, 4.69) is 29.8 Å². The Balaban J connectivity index is 1.92. The topological polar surface area (TPSA) is 70.2 Å². The first kappa shape index (κ1) is 17.5. The second-order valence-electron chi connectivity index (χ2n) is 6.03. The number of hydrogen-bond acceptors (Lipinski definition) is 2. The minimum Gasteiger partial charge on any atom is -0.349 e. The molecule has 0 spiro atoms. The highest BCUT2D eigenvalue weighted by molar-refractivity contribution is 6.00. The lowest BCUT2D eigenvalue weighted by Gasteiger charge is -2.17. The van der Waals surface area contributed by atoms with Gasteiger partial charge in [0.25, 0.3) is 5.91 Å². The summed E-state index contributed by atoms with van der Waals surface area (Å²) in [7, 11) is 0. The van der Waals surface area contributed by atoms with Crippen LogP contribution in [0.1, 0.15) is 31.1 Å². The molecule has 0 aliphatic rings. The number of rotatable bonds is 5.